The van der Waals surface area contributed by atoms with Gasteiger partial charge in [0.1, 0.15) is 24.5 Å². The van der Waals surface area contributed by atoms with Gasteiger partial charge in [-0.1, -0.05) is 12.1 Å². The number of benzene rings is 1. The number of nitriles is 2. The molecule has 2 aromatic rings. The number of nitrogens with zero attached hydrogens (tertiary/aromatic N) is 5. The van der Waals surface area contributed by atoms with Crippen LogP contribution in [0.3, 0.4) is 0 Å². The lowest BCUT2D eigenvalue weighted by atomic mass is 10.2. The summed E-state index contributed by atoms with van der Waals surface area (Å²) in [4.78, 5) is 0. The summed E-state index contributed by atoms with van der Waals surface area (Å²) in [5.74, 6) is 0.574. The molecular formula is C15H14N6O. The highest BCUT2D eigenvalue weighted by Crippen LogP contribution is 2.25. The van der Waals surface area contributed by atoms with Crippen LogP contribution in [0.15, 0.2) is 35.6 Å². The number of aryl methyl sites for hydroxylation is 1. The summed E-state index contributed by atoms with van der Waals surface area (Å²) >= 11 is 0. The van der Waals surface area contributed by atoms with Gasteiger partial charge in [0.05, 0.1) is 11.9 Å². The molecule has 7 nitrogen and oxygen atoms in total. The first-order valence-electron chi connectivity index (χ1n) is 6.49. The lowest BCUT2D eigenvalue weighted by Gasteiger charge is -2.10. The second kappa shape index (κ2) is 6.91. The third kappa shape index (κ3) is 3.41. The van der Waals surface area contributed by atoms with Gasteiger partial charge in [0.25, 0.3) is 0 Å². The first-order valence-corrected chi connectivity index (χ1v) is 6.49. The van der Waals surface area contributed by atoms with Crippen LogP contribution in [0.4, 0.5) is 5.69 Å². The number of nitrogens with one attached hydrogen (secondary N) is 1. The van der Waals surface area contributed by atoms with E-state index in [1.165, 1.54) is 0 Å². The van der Waals surface area contributed by atoms with Crippen LogP contribution in [0.2, 0.25) is 0 Å². The average Bonchev–Trinajstić information content (AvgIpc) is 2.86. The van der Waals surface area contributed by atoms with Crippen molar-refractivity contribution in [3.63, 3.8) is 0 Å². The Morgan fingerprint density at radius 1 is 1.36 bits per heavy atom. The fraction of sp³-hybridized carbons (Fsp3) is 0.200. The van der Waals surface area contributed by atoms with Crippen molar-refractivity contribution in [3.05, 3.63) is 41.7 Å². The standard InChI is InChI=1S/C15H14N6O/c1-11-12(9-18-21(11)2)10-22-15-6-4-3-5-14(15)20-19-13(7-16)8-17/h3-6,9,20H,10H2,1-2H3. The molecule has 0 aliphatic carbocycles. The number of para-hydroxylation sites is 2. The molecule has 0 spiro atoms. The number of ether oxygens (including phenoxy) is 1. The fourth-order valence-electron chi connectivity index (χ4n) is 1.72. The van der Waals surface area contributed by atoms with Gasteiger partial charge >= 0.3 is 0 Å². The SMILES string of the molecule is Cc1c(COc2ccccc2NN=C(C#N)C#N)cnn1C. The Bertz CT molecular complexity index is 762. The van der Waals surface area contributed by atoms with Gasteiger partial charge in [-0.05, 0) is 19.1 Å². The molecule has 0 atom stereocenters. The van der Waals surface area contributed by atoms with Gasteiger partial charge in [0.2, 0.25) is 5.71 Å². The lowest BCUT2D eigenvalue weighted by molar-refractivity contribution is 0.306. The number of anilines is 1. The van der Waals surface area contributed by atoms with Gasteiger partial charge in [-0.25, -0.2) is 0 Å². The Kier molecular flexibility index (Phi) is 4.74. The van der Waals surface area contributed by atoms with Crippen molar-refractivity contribution in [1.82, 2.24) is 9.78 Å². The van der Waals surface area contributed by atoms with Crippen LogP contribution in [0.25, 0.3) is 0 Å². The zero-order valence-electron chi connectivity index (χ0n) is 12.2. The molecule has 0 aliphatic heterocycles. The minimum atomic E-state index is -0.252. The van der Waals surface area contributed by atoms with Crippen LogP contribution in [0.5, 0.6) is 5.75 Å². The maximum atomic E-state index is 8.67. The maximum absolute atomic E-state index is 8.67. The van der Waals surface area contributed by atoms with Gasteiger partial charge in [0.15, 0.2) is 0 Å². The summed E-state index contributed by atoms with van der Waals surface area (Å²) in [5.41, 5.74) is 5.00. The van der Waals surface area contributed by atoms with E-state index in [0.29, 0.717) is 18.0 Å². The average molecular weight is 294 g/mol. The molecule has 0 bridgehead atoms. The smallest absolute Gasteiger partial charge is 0.237 e. The Balaban J connectivity index is 2.12. The van der Waals surface area contributed by atoms with E-state index in [4.69, 9.17) is 15.3 Å². The van der Waals surface area contributed by atoms with Crippen molar-refractivity contribution in [2.45, 2.75) is 13.5 Å². The van der Waals surface area contributed by atoms with Gasteiger partial charge in [-0.3, -0.25) is 10.1 Å². The van der Waals surface area contributed by atoms with E-state index in [1.54, 1.807) is 41.2 Å². The first kappa shape index (κ1) is 15.1. The van der Waals surface area contributed by atoms with Crippen LogP contribution < -0.4 is 10.2 Å². The number of hydrogen-bond donors (Lipinski definition) is 1. The van der Waals surface area contributed by atoms with Crippen molar-refractivity contribution in [3.8, 4) is 17.9 Å². The predicted molar refractivity (Wildman–Crippen MR) is 81.0 cm³/mol. The largest absolute Gasteiger partial charge is 0.487 e. The third-order valence-corrected chi connectivity index (χ3v) is 3.11. The summed E-state index contributed by atoms with van der Waals surface area (Å²) in [7, 11) is 1.87. The number of aromatic nitrogens is 2. The van der Waals surface area contributed by atoms with Gasteiger partial charge in [-0.15, -0.1) is 0 Å². The minimum absolute atomic E-state index is 0.252. The van der Waals surface area contributed by atoms with Gasteiger partial charge in [0, 0.05) is 18.3 Å². The molecule has 0 fully saturated rings. The lowest BCUT2D eigenvalue weighted by Crippen LogP contribution is -2.02. The van der Waals surface area contributed by atoms with Gasteiger partial charge < -0.3 is 4.74 Å². The zero-order chi connectivity index (χ0) is 15.9. The van der Waals surface area contributed by atoms with E-state index in [1.807, 2.05) is 20.0 Å². The molecule has 0 radical (unpaired) electrons. The van der Waals surface area contributed by atoms with Crippen LogP contribution in [-0.2, 0) is 13.7 Å². The van der Waals surface area contributed by atoms with Crippen LogP contribution >= 0.6 is 0 Å². The Morgan fingerprint density at radius 3 is 2.73 bits per heavy atom. The van der Waals surface area contributed by atoms with Crippen molar-refractivity contribution in [2.75, 3.05) is 5.43 Å². The molecule has 0 amide bonds. The third-order valence-electron chi connectivity index (χ3n) is 3.11. The molecule has 110 valence electrons. The highest BCUT2D eigenvalue weighted by atomic mass is 16.5. The molecule has 0 saturated carbocycles. The molecule has 22 heavy (non-hydrogen) atoms. The van der Waals surface area contributed by atoms with E-state index in [-0.39, 0.29) is 5.71 Å². The normalized spacial score (nSPS) is 9.45. The van der Waals surface area contributed by atoms with E-state index in [2.05, 4.69) is 15.6 Å². The summed E-state index contributed by atoms with van der Waals surface area (Å²) in [5, 5.41) is 25.2. The molecule has 1 heterocycles. The number of rotatable bonds is 5. The topological polar surface area (TPSA) is 99.0 Å². The molecule has 1 aromatic heterocycles. The minimum Gasteiger partial charge on any atom is -0.487 e. The quantitative estimate of drug-likeness (QED) is 0.672. The van der Waals surface area contributed by atoms with E-state index < -0.39 is 0 Å². The van der Waals surface area contributed by atoms with Crippen molar-refractivity contribution >= 4 is 11.4 Å². The molecule has 0 aliphatic rings. The van der Waals surface area contributed by atoms with Crippen molar-refractivity contribution in [2.24, 2.45) is 12.1 Å². The Morgan fingerprint density at radius 2 is 2.09 bits per heavy atom. The van der Waals surface area contributed by atoms with E-state index >= 15 is 0 Å². The Hall–Kier alpha value is -3.32. The number of hydrogen-bond acceptors (Lipinski definition) is 6. The molecule has 1 aromatic carbocycles. The van der Waals surface area contributed by atoms with Crippen LogP contribution in [0.1, 0.15) is 11.3 Å². The molecule has 0 saturated heterocycles. The summed E-state index contributed by atoms with van der Waals surface area (Å²) in [6.45, 7) is 2.33. The van der Waals surface area contributed by atoms with E-state index in [0.717, 1.165) is 11.3 Å². The monoisotopic (exact) mass is 294 g/mol. The maximum Gasteiger partial charge on any atom is 0.237 e. The predicted octanol–water partition coefficient (Wildman–Crippen LogP) is 2.12. The molecule has 2 rings (SSSR count). The summed E-state index contributed by atoms with van der Waals surface area (Å²) < 4.78 is 7.54. The second-order valence-corrected chi connectivity index (χ2v) is 4.46. The zero-order valence-corrected chi connectivity index (χ0v) is 12.2. The molecule has 0 unspecified atom stereocenters. The van der Waals surface area contributed by atoms with Crippen LogP contribution in [-0.4, -0.2) is 15.5 Å². The van der Waals surface area contributed by atoms with Crippen LogP contribution in [0, 0.1) is 29.6 Å². The highest BCUT2D eigenvalue weighted by Gasteiger charge is 2.07. The summed E-state index contributed by atoms with van der Waals surface area (Å²) in [6, 6.07) is 10.5. The van der Waals surface area contributed by atoms with Crippen molar-refractivity contribution < 1.29 is 4.74 Å². The first-order chi connectivity index (χ1) is 10.7. The van der Waals surface area contributed by atoms with E-state index in [9.17, 15) is 0 Å². The molecule has 7 heteroatoms. The fourth-order valence-corrected chi connectivity index (χ4v) is 1.72. The number of hydrazone groups is 1. The van der Waals surface area contributed by atoms with Gasteiger partial charge in [-0.2, -0.15) is 20.7 Å². The molecular weight excluding hydrogens is 280 g/mol. The molecule has 1 N–H and O–H groups in total. The summed E-state index contributed by atoms with van der Waals surface area (Å²) in [6.07, 6.45) is 1.76. The highest BCUT2D eigenvalue weighted by molar-refractivity contribution is 6.10. The van der Waals surface area contributed by atoms with Crippen molar-refractivity contribution in [1.29, 1.82) is 10.5 Å². The Labute approximate surface area is 128 Å². The second-order valence-electron chi connectivity index (χ2n) is 4.46.